The summed E-state index contributed by atoms with van der Waals surface area (Å²) < 4.78 is 0. The highest BCUT2D eigenvalue weighted by atomic mass is 16.1. The van der Waals surface area contributed by atoms with Crippen LogP contribution in [0.1, 0.15) is 26.3 Å². The minimum absolute atomic E-state index is 0.0545. The van der Waals surface area contributed by atoms with Gasteiger partial charge in [-0.15, -0.1) is 0 Å². The number of benzene rings is 2. The van der Waals surface area contributed by atoms with Crippen molar-refractivity contribution >= 4 is 17.3 Å². The predicted molar refractivity (Wildman–Crippen MR) is 88.7 cm³/mol. The van der Waals surface area contributed by atoms with E-state index in [4.69, 9.17) is 0 Å². The zero-order valence-electron chi connectivity index (χ0n) is 12.8. The highest BCUT2D eigenvalue weighted by Crippen LogP contribution is 2.23. The van der Waals surface area contributed by atoms with Crippen LogP contribution in [0, 0.1) is 0 Å². The topological polar surface area (TPSA) is 41.1 Å². The number of nitrogens with one attached hydrogen (secondary N) is 2. The Kier molecular flexibility index (Phi) is 4.63. The maximum absolute atomic E-state index is 11.8. The molecule has 0 fully saturated rings. The Morgan fingerprint density at radius 2 is 1.52 bits per heavy atom. The van der Waals surface area contributed by atoms with E-state index in [1.807, 2.05) is 42.5 Å². The first-order chi connectivity index (χ1) is 9.95. The third-order valence-electron chi connectivity index (χ3n) is 3.26. The van der Waals surface area contributed by atoms with Crippen LogP contribution in [-0.2, 0) is 10.2 Å². The lowest BCUT2D eigenvalue weighted by atomic mass is 9.87. The molecule has 2 N–H and O–H groups in total. The van der Waals surface area contributed by atoms with Crippen molar-refractivity contribution in [2.24, 2.45) is 0 Å². The first kappa shape index (κ1) is 15.1. The molecule has 0 aliphatic rings. The van der Waals surface area contributed by atoms with Crippen molar-refractivity contribution in [1.82, 2.24) is 0 Å². The second kappa shape index (κ2) is 6.44. The molecule has 0 heterocycles. The van der Waals surface area contributed by atoms with Crippen molar-refractivity contribution in [1.29, 1.82) is 0 Å². The van der Waals surface area contributed by atoms with E-state index < -0.39 is 0 Å². The van der Waals surface area contributed by atoms with Gasteiger partial charge < -0.3 is 10.6 Å². The van der Waals surface area contributed by atoms with E-state index in [1.54, 1.807) is 0 Å². The molecular weight excluding hydrogens is 260 g/mol. The van der Waals surface area contributed by atoms with Crippen molar-refractivity contribution in [2.45, 2.75) is 26.2 Å². The van der Waals surface area contributed by atoms with Crippen LogP contribution >= 0.6 is 0 Å². The number of hydrogen-bond acceptors (Lipinski definition) is 2. The fraction of sp³-hybridized carbons (Fsp3) is 0.278. The molecule has 1 amide bonds. The van der Waals surface area contributed by atoms with E-state index in [-0.39, 0.29) is 17.9 Å². The molecule has 0 spiro atoms. The van der Waals surface area contributed by atoms with Crippen LogP contribution in [-0.4, -0.2) is 12.5 Å². The summed E-state index contributed by atoms with van der Waals surface area (Å²) in [7, 11) is 0. The van der Waals surface area contributed by atoms with Gasteiger partial charge in [0.1, 0.15) is 0 Å². The van der Waals surface area contributed by atoms with Crippen LogP contribution in [0.2, 0.25) is 0 Å². The quantitative estimate of drug-likeness (QED) is 0.888. The number of para-hydroxylation sites is 1. The molecule has 3 heteroatoms. The highest BCUT2D eigenvalue weighted by molar-refractivity contribution is 5.93. The molecule has 0 aromatic heterocycles. The van der Waals surface area contributed by atoms with Gasteiger partial charge in [0.15, 0.2) is 0 Å². The third kappa shape index (κ3) is 4.63. The Labute approximate surface area is 126 Å². The van der Waals surface area contributed by atoms with Crippen LogP contribution < -0.4 is 10.6 Å². The molecule has 0 radical (unpaired) electrons. The number of carbonyl (C=O) groups is 1. The average Bonchev–Trinajstić information content (AvgIpc) is 2.46. The second-order valence-electron chi connectivity index (χ2n) is 6.10. The standard InChI is InChI=1S/C18H22N2O/c1-18(2,3)14-9-11-15(12-10-14)19-13-17(21)20-16-7-5-4-6-8-16/h4-12,19H,13H2,1-3H3,(H,20,21). The Bertz CT molecular complexity index is 583. The maximum Gasteiger partial charge on any atom is 0.243 e. The van der Waals surface area contributed by atoms with E-state index in [9.17, 15) is 4.79 Å². The van der Waals surface area contributed by atoms with Crippen molar-refractivity contribution in [2.75, 3.05) is 17.2 Å². The zero-order chi connectivity index (χ0) is 15.3. The molecule has 0 saturated carbocycles. The van der Waals surface area contributed by atoms with Crippen LogP contribution in [0.15, 0.2) is 54.6 Å². The van der Waals surface area contributed by atoms with Gasteiger partial charge in [0.05, 0.1) is 6.54 Å². The average molecular weight is 282 g/mol. The summed E-state index contributed by atoms with van der Waals surface area (Å²) in [6, 6.07) is 17.7. The van der Waals surface area contributed by atoms with E-state index in [2.05, 4.69) is 43.5 Å². The lowest BCUT2D eigenvalue weighted by Crippen LogP contribution is -2.21. The lowest BCUT2D eigenvalue weighted by Gasteiger charge is -2.19. The molecule has 0 saturated heterocycles. The highest BCUT2D eigenvalue weighted by Gasteiger charge is 2.12. The molecular formula is C18H22N2O. The van der Waals surface area contributed by atoms with Crippen molar-refractivity contribution in [3.05, 3.63) is 60.2 Å². The number of hydrogen-bond donors (Lipinski definition) is 2. The smallest absolute Gasteiger partial charge is 0.243 e. The molecule has 3 nitrogen and oxygen atoms in total. The molecule has 0 bridgehead atoms. The first-order valence-electron chi connectivity index (χ1n) is 7.14. The van der Waals surface area contributed by atoms with Crippen molar-refractivity contribution in [3.8, 4) is 0 Å². The predicted octanol–water partition coefficient (Wildman–Crippen LogP) is 4.03. The van der Waals surface area contributed by atoms with Gasteiger partial charge in [-0.05, 0) is 35.2 Å². The van der Waals surface area contributed by atoms with E-state index >= 15 is 0 Å². The summed E-state index contributed by atoms with van der Waals surface area (Å²) in [5, 5.41) is 5.98. The summed E-state index contributed by atoms with van der Waals surface area (Å²) in [5.41, 5.74) is 3.18. The molecule has 2 aromatic carbocycles. The fourth-order valence-corrected chi connectivity index (χ4v) is 2.00. The fourth-order valence-electron chi connectivity index (χ4n) is 2.00. The Balaban J connectivity index is 1.87. The summed E-state index contributed by atoms with van der Waals surface area (Å²) >= 11 is 0. The Hall–Kier alpha value is -2.29. The van der Waals surface area contributed by atoms with Crippen LogP contribution in [0.5, 0.6) is 0 Å². The molecule has 0 aliphatic heterocycles. The maximum atomic E-state index is 11.8. The van der Waals surface area contributed by atoms with Gasteiger partial charge in [-0.2, -0.15) is 0 Å². The van der Waals surface area contributed by atoms with E-state index in [1.165, 1.54) is 5.56 Å². The third-order valence-corrected chi connectivity index (χ3v) is 3.26. The molecule has 110 valence electrons. The molecule has 2 aromatic rings. The van der Waals surface area contributed by atoms with Gasteiger partial charge in [0.2, 0.25) is 5.91 Å². The molecule has 2 rings (SSSR count). The second-order valence-corrected chi connectivity index (χ2v) is 6.10. The largest absolute Gasteiger partial charge is 0.376 e. The summed E-state index contributed by atoms with van der Waals surface area (Å²) in [6.07, 6.45) is 0. The Morgan fingerprint density at radius 1 is 0.905 bits per heavy atom. The van der Waals surface area contributed by atoms with Gasteiger partial charge in [-0.3, -0.25) is 4.79 Å². The summed E-state index contributed by atoms with van der Waals surface area (Å²) in [4.78, 5) is 11.8. The van der Waals surface area contributed by atoms with E-state index in [0.29, 0.717) is 0 Å². The minimum atomic E-state index is -0.0545. The SMILES string of the molecule is CC(C)(C)c1ccc(NCC(=O)Nc2ccccc2)cc1. The van der Waals surface area contributed by atoms with Gasteiger partial charge in [0.25, 0.3) is 0 Å². The summed E-state index contributed by atoms with van der Waals surface area (Å²) in [5.74, 6) is -0.0545. The number of rotatable bonds is 4. The summed E-state index contributed by atoms with van der Waals surface area (Å²) in [6.45, 7) is 6.80. The van der Waals surface area contributed by atoms with E-state index in [0.717, 1.165) is 11.4 Å². The number of amides is 1. The zero-order valence-corrected chi connectivity index (χ0v) is 12.8. The van der Waals surface area contributed by atoms with Gasteiger partial charge >= 0.3 is 0 Å². The minimum Gasteiger partial charge on any atom is -0.376 e. The monoisotopic (exact) mass is 282 g/mol. The van der Waals surface area contributed by atoms with Crippen LogP contribution in [0.25, 0.3) is 0 Å². The van der Waals surface area contributed by atoms with Crippen molar-refractivity contribution < 1.29 is 4.79 Å². The van der Waals surface area contributed by atoms with Crippen molar-refractivity contribution in [3.63, 3.8) is 0 Å². The molecule has 0 aliphatic carbocycles. The molecule has 21 heavy (non-hydrogen) atoms. The lowest BCUT2D eigenvalue weighted by molar-refractivity contribution is -0.114. The van der Waals surface area contributed by atoms with Gasteiger partial charge in [-0.1, -0.05) is 51.1 Å². The normalized spacial score (nSPS) is 11.0. The van der Waals surface area contributed by atoms with Gasteiger partial charge in [0, 0.05) is 11.4 Å². The van der Waals surface area contributed by atoms with Crippen LogP contribution in [0.4, 0.5) is 11.4 Å². The first-order valence-corrected chi connectivity index (χ1v) is 7.14. The Morgan fingerprint density at radius 3 is 2.10 bits per heavy atom. The number of carbonyl (C=O) groups excluding carboxylic acids is 1. The van der Waals surface area contributed by atoms with Crippen LogP contribution in [0.3, 0.4) is 0 Å². The molecule has 0 unspecified atom stereocenters. The number of anilines is 2. The van der Waals surface area contributed by atoms with Gasteiger partial charge in [-0.25, -0.2) is 0 Å². The molecule has 0 atom stereocenters.